The summed E-state index contributed by atoms with van der Waals surface area (Å²) in [5.74, 6) is -1.80. The first kappa shape index (κ1) is 12.8. The second-order valence-corrected chi connectivity index (χ2v) is 4.73. The van der Waals surface area contributed by atoms with Gasteiger partial charge in [-0.25, -0.2) is 4.79 Å². The quantitative estimate of drug-likeness (QED) is 0.775. The van der Waals surface area contributed by atoms with Crippen LogP contribution in [0.1, 0.15) is 40.0 Å². The Bertz CT molecular complexity index is 544. The Kier molecular flexibility index (Phi) is 3.23. The standard InChI is InChI=1S/C14H13NO5/c16-12(6-5-9-7-8-19-9)20-15-13(17)10-3-1-2-4-11(10)14(15)18/h1-4,9H,5-8H2. The molecule has 1 unspecified atom stereocenters. The first-order chi connectivity index (χ1) is 9.66. The fourth-order valence-corrected chi connectivity index (χ4v) is 2.19. The van der Waals surface area contributed by atoms with Gasteiger partial charge in [-0.15, -0.1) is 0 Å². The smallest absolute Gasteiger partial charge is 0.333 e. The lowest BCUT2D eigenvalue weighted by Crippen LogP contribution is -2.33. The van der Waals surface area contributed by atoms with Gasteiger partial charge in [0.1, 0.15) is 0 Å². The maximum atomic E-state index is 12.0. The predicted octanol–water partition coefficient (Wildman–Crippen LogP) is 1.31. The molecular formula is C14H13NO5. The fourth-order valence-electron chi connectivity index (χ4n) is 2.19. The molecule has 0 radical (unpaired) electrons. The molecule has 0 aromatic heterocycles. The molecule has 1 aromatic rings. The van der Waals surface area contributed by atoms with E-state index in [0.717, 1.165) is 13.0 Å². The molecule has 2 amide bonds. The van der Waals surface area contributed by atoms with E-state index < -0.39 is 17.8 Å². The third-order valence-corrected chi connectivity index (χ3v) is 3.41. The van der Waals surface area contributed by atoms with Crippen LogP contribution in [0, 0.1) is 0 Å². The van der Waals surface area contributed by atoms with Crippen LogP contribution in [0.25, 0.3) is 0 Å². The highest BCUT2D eigenvalue weighted by Crippen LogP contribution is 2.23. The topological polar surface area (TPSA) is 72.9 Å². The van der Waals surface area contributed by atoms with E-state index in [1.807, 2.05) is 0 Å². The molecule has 1 atom stereocenters. The van der Waals surface area contributed by atoms with Crippen LogP contribution in [0.15, 0.2) is 24.3 Å². The number of rotatable bonds is 4. The van der Waals surface area contributed by atoms with Crippen molar-refractivity contribution in [2.75, 3.05) is 6.61 Å². The number of carbonyl (C=O) groups excluding carboxylic acids is 3. The van der Waals surface area contributed by atoms with Gasteiger partial charge in [-0.05, 0) is 25.0 Å². The zero-order valence-corrected chi connectivity index (χ0v) is 10.7. The largest absolute Gasteiger partial charge is 0.378 e. The molecule has 0 bridgehead atoms. The Hall–Kier alpha value is -2.21. The number of hydrogen-bond donors (Lipinski definition) is 0. The Morgan fingerprint density at radius 3 is 2.35 bits per heavy atom. The average molecular weight is 275 g/mol. The van der Waals surface area contributed by atoms with Gasteiger partial charge in [0.05, 0.1) is 23.7 Å². The molecule has 1 saturated heterocycles. The van der Waals surface area contributed by atoms with Crippen molar-refractivity contribution < 1.29 is 24.0 Å². The van der Waals surface area contributed by atoms with E-state index in [1.165, 1.54) is 12.1 Å². The van der Waals surface area contributed by atoms with Crippen molar-refractivity contribution in [3.05, 3.63) is 35.4 Å². The van der Waals surface area contributed by atoms with E-state index in [0.29, 0.717) is 11.5 Å². The zero-order valence-electron chi connectivity index (χ0n) is 10.7. The van der Waals surface area contributed by atoms with Crippen molar-refractivity contribution in [1.82, 2.24) is 5.06 Å². The highest BCUT2D eigenvalue weighted by atomic mass is 16.7. The highest BCUT2D eigenvalue weighted by Gasteiger charge is 2.38. The minimum absolute atomic E-state index is 0.0877. The second-order valence-electron chi connectivity index (χ2n) is 4.73. The van der Waals surface area contributed by atoms with Crippen LogP contribution in [0.2, 0.25) is 0 Å². The van der Waals surface area contributed by atoms with Gasteiger partial charge in [0.2, 0.25) is 0 Å². The van der Waals surface area contributed by atoms with Gasteiger partial charge in [-0.1, -0.05) is 17.2 Å². The molecule has 20 heavy (non-hydrogen) atoms. The first-order valence-electron chi connectivity index (χ1n) is 6.47. The van der Waals surface area contributed by atoms with Crippen molar-refractivity contribution in [2.45, 2.75) is 25.4 Å². The third-order valence-electron chi connectivity index (χ3n) is 3.41. The van der Waals surface area contributed by atoms with E-state index in [4.69, 9.17) is 9.57 Å². The van der Waals surface area contributed by atoms with Crippen molar-refractivity contribution in [2.24, 2.45) is 0 Å². The van der Waals surface area contributed by atoms with Crippen molar-refractivity contribution >= 4 is 17.8 Å². The summed E-state index contributed by atoms with van der Waals surface area (Å²) in [5.41, 5.74) is 0.514. The number of benzene rings is 1. The third kappa shape index (κ3) is 2.18. The van der Waals surface area contributed by atoms with Gasteiger partial charge in [-0.2, -0.15) is 0 Å². The van der Waals surface area contributed by atoms with Crippen LogP contribution in [-0.2, 0) is 14.4 Å². The summed E-state index contributed by atoms with van der Waals surface area (Å²) in [6.45, 7) is 0.720. The SMILES string of the molecule is O=C(CCC1CCO1)ON1C(=O)c2ccccc2C1=O. The normalized spacial score (nSPS) is 20.6. The van der Waals surface area contributed by atoms with Gasteiger partial charge >= 0.3 is 5.97 Å². The summed E-state index contributed by atoms with van der Waals surface area (Å²) in [6, 6.07) is 6.38. The number of amides is 2. The van der Waals surface area contributed by atoms with Crippen LogP contribution in [0.3, 0.4) is 0 Å². The van der Waals surface area contributed by atoms with Crippen LogP contribution in [-0.4, -0.2) is 35.6 Å². The Labute approximate surface area is 115 Å². The van der Waals surface area contributed by atoms with Crippen molar-refractivity contribution in [3.8, 4) is 0 Å². The van der Waals surface area contributed by atoms with Gasteiger partial charge in [-0.3, -0.25) is 9.59 Å². The van der Waals surface area contributed by atoms with Crippen LogP contribution >= 0.6 is 0 Å². The molecule has 6 nitrogen and oxygen atoms in total. The second kappa shape index (κ2) is 5.05. The molecule has 104 valence electrons. The lowest BCUT2D eigenvalue weighted by atomic mass is 10.1. The lowest BCUT2D eigenvalue weighted by molar-refractivity contribution is -0.170. The number of nitrogens with zero attached hydrogens (tertiary/aromatic N) is 1. The molecular weight excluding hydrogens is 262 g/mol. The predicted molar refractivity (Wildman–Crippen MR) is 66.6 cm³/mol. The maximum Gasteiger partial charge on any atom is 0.333 e. The van der Waals surface area contributed by atoms with Gasteiger partial charge in [0.15, 0.2) is 0 Å². The molecule has 3 rings (SSSR count). The molecule has 6 heteroatoms. The Balaban J connectivity index is 1.62. The average Bonchev–Trinajstić information content (AvgIpc) is 2.63. The zero-order chi connectivity index (χ0) is 14.1. The fraction of sp³-hybridized carbons (Fsp3) is 0.357. The first-order valence-corrected chi connectivity index (χ1v) is 6.47. The minimum Gasteiger partial charge on any atom is -0.378 e. The summed E-state index contributed by atoms with van der Waals surface area (Å²) in [6.07, 6.45) is 1.69. The van der Waals surface area contributed by atoms with Crippen molar-refractivity contribution in [3.63, 3.8) is 0 Å². The van der Waals surface area contributed by atoms with Gasteiger partial charge in [0.25, 0.3) is 11.8 Å². The molecule has 1 aromatic carbocycles. The van der Waals surface area contributed by atoms with E-state index >= 15 is 0 Å². The summed E-state index contributed by atoms with van der Waals surface area (Å²) < 4.78 is 5.19. The molecule has 2 heterocycles. The summed E-state index contributed by atoms with van der Waals surface area (Å²) in [5, 5.41) is 0.536. The molecule has 2 aliphatic rings. The number of carbonyl (C=O) groups is 3. The monoisotopic (exact) mass is 275 g/mol. The molecule has 0 aliphatic carbocycles. The van der Waals surface area contributed by atoms with Crippen LogP contribution < -0.4 is 0 Å². The van der Waals surface area contributed by atoms with Gasteiger partial charge < -0.3 is 9.57 Å². The number of fused-ring (bicyclic) bond motifs is 1. The summed E-state index contributed by atoms with van der Waals surface area (Å²) in [4.78, 5) is 40.4. The van der Waals surface area contributed by atoms with E-state index in [-0.39, 0.29) is 23.7 Å². The van der Waals surface area contributed by atoms with E-state index in [1.54, 1.807) is 12.1 Å². The number of hydroxylamine groups is 2. The Morgan fingerprint density at radius 1 is 1.25 bits per heavy atom. The van der Waals surface area contributed by atoms with Crippen molar-refractivity contribution in [1.29, 1.82) is 0 Å². The highest BCUT2D eigenvalue weighted by molar-refractivity contribution is 6.20. The molecule has 0 N–H and O–H groups in total. The lowest BCUT2D eigenvalue weighted by Gasteiger charge is -2.25. The molecule has 0 spiro atoms. The molecule has 1 fully saturated rings. The van der Waals surface area contributed by atoms with Crippen LogP contribution in [0.5, 0.6) is 0 Å². The van der Waals surface area contributed by atoms with Crippen LogP contribution in [0.4, 0.5) is 0 Å². The maximum absolute atomic E-state index is 12.0. The number of hydrogen-bond acceptors (Lipinski definition) is 5. The minimum atomic E-state index is -0.602. The number of ether oxygens (including phenoxy) is 1. The number of imide groups is 1. The summed E-state index contributed by atoms with van der Waals surface area (Å²) in [7, 11) is 0. The van der Waals surface area contributed by atoms with Gasteiger partial charge in [0, 0.05) is 6.61 Å². The molecule has 0 saturated carbocycles. The Morgan fingerprint density at radius 2 is 1.85 bits per heavy atom. The van der Waals surface area contributed by atoms with E-state index in [2.05, 4.69) is 0 Å². The summed E-state index contributed by atoms with van der Waals surface area (Å²) >= 11 is 0. The molecule has 2 aliphatic heterocycles. The van der Waals surface area contributed by atoms with E-state index in [9.17, 15) is 14.4 Å².